The van der Waals surface area contributed by atoms with Gasteiger partial charge in [0.25, 0.3) is 0 Å². The molecule has 2 rings (SSSR count). The molecule has 6 nitrogen and oxygen atoms in total. The molecule has 0 bridgehead atoms. The number of nitrogens with one attached hydrogen (secondary N) is 2. The van der Waals surface area contributed by atoms with Crippen molar-refractivity contribution >= 4 is 29.3 Å². The van der Waals surface area contributed by atoms with Crippen molar-refractivity contribution in [1.82, 2.24) is 5.32 Å². The van der Waals surface area contributed by atoms with Crippen LogP contribution in [0.15, 0.2) is 41.0 Å². The summed E-state index contributed by atoms with van der Waals surface area (Å²) in [6.07, 6.45) is 1.50. The second kappa shape index (κ2) is 6.12. The number of carbonyl (C=O) groups is 2. The number of urea groups is 1. The molecular formula is C13H11ClN2O4. The van der Waals surface area contributed by atoms with Crippen LogP contribution in [0.2, 0.25) is 5.02 Å². The monoisotopic (exact) mass is 294 g/mol. The van der Waals surface area contributed by atoms with Crippen molar-refractivity contribution in [2.45, 2.75) is 6.54 Å². The Morgan fingerprint density at radius 2 is 2.10 bits per heavy atom. The summed E-state index contributed by atoms with van der Waals surface area (Å²) in [6, 6.07) is 7.08. The number of halogens is 1. The molecule has 0 atom stereocenters. The summed E-state index contributed by atoms with van der Waals surface area (Å²) in [5.41, 5.74) is 0.0875. The van der Waals surface area contributed by atoms with Crippen LogP contribution >= 0.6 is 11.6 Å². The largest absolute Gasteiger partial charge is 0.478 e. The number of hydrogen-bond acceptors (Lipinski definition) is 3. The number of anilines is 1. The Morgan fingerprint density at radius 3 is 2.75 bits per heavy atom. The van der Waals surface area contributed by atoms with Gasteiger partial charge < -0.3 is 20.2 Å². The predicted molar refractivity (Wildman–Crippen MR) is 73.0 cm³/mol. The third kappa shape index (κ3) is 3.52. The first-order valence-corrected chi connectivity index (χ1v) is 6.04. The number of carboxylic acid groups (broad SMARTS) is 1. The van der Waals surface area contributed by atoms with Crippen molar-refractivity contribution in [3.63, 3.8) is 0 Å². The number of furan rings is 1. The zero-order chi connectivity index (χ0) is 14.5. The van der Waals surface area contributed by atoms with E-state index >= 15 is 0 Å². The van der Waals surface area contributed by atoms with Gasteiger partial charge in [-0.25, -0.2) is 9.59 Å². The zero-order valence-corrected chi connectivity index (χ0v) is 11.0. The van der Waals surface area contributed by atoms with Crippen LogP contribution in [0.1, 0.15) is 16.1 Å². The highest BCUT2D eigenvalue weighted by atomic mass is 35.5. The van der Waals surface area contributed by atoms with Gasteiger partial charge in [-0.15, -0.1) is 0 Å². The molecule has 0 aliphatic rings. The highest BCUT2D eigenvalue weighted by Gasteiger charge is 2.13. The Bertz CT molecular complexity index is 625. The molecular weight excluding hydrogens is 284 g/mol. The highest BCUT2D eigenvalue weighted by Crippen LogP contribution is 2.20. The Morgan fingerprint density at radius 1 is 1.30 bits per heavy atom. The highest BCUT2D eigenvalue weighted by molar-refractivity contribution is 6.31. The smallest absolute Gasteiger partial charge is 0.337 e. The van der Waals surface area contributed by atoms with Gasteiger partial charge in [0.15, 0.2) is 0 Å². The van der Waals surface area contributed by atoms with Crippen molar-refractivity contribution in [3.8, 4) is 0 Å². The van der Waals surface area contributed by atoms with Gasteiger partial charge in [0.2, 0.25) is 0 Å². The number of aromatic carboxylic acids is 1. The number of benzene rings is 1. The maximum absolute atomic E-state index is 11.7. The number of hydrogen-bond donors (Lipinski definition) is 3. The standard InChI is InChI=1S/C13H11ClN2O4/c14-8-3-4-11(10(6-8)12(17)18)16-13(19)15-7-9-2-1-5-20-9/h1-6H,7H2,(H,17,18)(H2,15,16,19). The minimum absolute atomic E-state index is 0.0781. The molecule has 0 spiro atoms. The molecule has 1 aromatic heterocycles. The molecule has 0 saturated heterocycles. The normalized spacial score (nSPS) is 10.1. The maximum Gasteiger partial charge on any atom is 0.337 e. The van der Waals surface area contributed by atoms with E-state index in [1.807, 2.05) is 0 Å². The van der Waals surface area contributed by atoms with Crippen molar-refractivity contribution in [2.75, 3.05) is 5.32 Å². The molecule has 1 aromatic carbocycles. The molecule has 0 radical (unpaired) electrons. The summed E-state index contributed by atoms with van der Waals surface area (Å²) in [4.78, 5) is 22.7. The maximum atomic E-state index is 11.7. The minimum Gasteiger partial charge on any atom is -0.478 e. The lowest BCUT2D eigenvalue weighted by atomic mass is 10.2. The molecule has 0 fully saturated rings. The molecule has 1 heterocycles. The zero-order valence-electron chi connectivity index (χ0n) is 10.2. The molecule has 20 heavy (non-hydrogen) atoms. The average molecular weight is 295 g/mol. The van der Waals surface area contributed by atoms with Crippen LogP contribution in [0.25, 0.3) is 0 Å². The van der Waals surface area contributed by atoms with Crippen LogP contribution in [0.5, 0.6) is 0 Å². The Hall–Kier alpha value is -2.47. The lowest BCUT2D eigenvalue weighted by molar-refractivity contribution is 0.0698. The Labute approximate surface area is 119 Å². The van der Waals surface area contributed by atoms with E-state index in [1.165, 1.54) is 24.5 Å². The molecule has 0 saturated carbocycles. The van der Waals surface area contributed by atoms with E-state index in [-0.39, 0.29) is 22.8 Å². The quantitative estimate of drug-likeness (QED) is 0.808. The molecule has 0 aliphatic carbocycles. The summed E-state index contributed by atoms with van der Waals surface area (Å²) >= 11 is 5.72. The van der Waals surface area contributed by atoms with Crippen LogP contribution in [0.3, 0.4) is 0 Å². The molecule has 2 aromatic rings. The average Bonchev–Trinajstić information content (AvgIpc) is 2.91. The Kier molecular flexibility index (Phi) is 4.27. The van der Waals surface area contributed by atoms with Crippen LogP contribution in [-0.2, 0) is 6.54 Å². The summed E-state index contributed by atoms with van der Waals surface area (Å²) in [5, 5.41) is 14.3. The minimum atomic E-state index is -1.17. The second-order valence-electron chi connectivity index (χ2n) is 3.88. The summed E-state index contributed by atoms with van der Waals surface area (Å²) in [5.74, 6) is -0.580. The number of carboxylic acids is 1. The van der Waals surface area contributed by atoms with E-state index in [9.17, 15) is 9.59 Å². The van der Waals surface area contributed by atoms with Crippen molar-refractivity contribution < 1.29 is 19.1 Å². The van der Waals surface area contributed by atoms with Crippen LogP contribution < -0.4 is 10.6 Å². The second-order valence-corrected chi connectivity index (χ2v) is 4.32. The molecule has 2 amide bonds. The SMILES string of the molecule is O=C(NCc1ccco1)Nc1ccc(Cl)cc1C(=O)O. The number of rotatable bonds is 4. The van der Waals surface area contributed by atoms with Gasteiger partial charge >= 0.3 is 12.0 Å². The van der Waals surface area contributed by atoms with E-state index in [0.29, 0.717) is 5.76 Å². The molecule has 3 N–H and O–H groups in total. The first kappa shape index (κ1) is 14.0. The molecule has 0 aliphatic heterocycles. The van der Waals surface area contributed by atoms with Gasteiger partial charge in [-0.2, -0.15) is 0 Å². The fourth-order valence-electron chi connectivity index (χ4n) is 1.55. The summed E-state index contributed by atoms with van der Waals surface area (Å²) in [7, 11) is 0. The van der Waals surface area contributed by atoms with Crippen molar-refractivity contribution in [2.24, 2.45) is 0 Å². The van der Waals surface area contributed by atoms with Crippen molar-refractivity contribution in [3.05, 3.63) is 52.9 Å². The van der Waals surface area contributed by atoms with Crippen LogP contribution in [0.4, 0.5) is 10.5 Å². The summed E-state index contributed by atoms with van der Waals surface area (Å²) < 4.78 is 5.06. The van der Waals surface area contributed by atoms with Crippen molar-refractivity contribution in [1.29, 1.82) is 0 Å². The third-order valence-electron chi connectivity index (χ3n) is 2.46. The lowest BCUT2D eigenvalue weighted by Gasteiger charge is -2.09. The number of amides is 2. The van der Waals surface area contributed by atoms with Gasteiger partial charge in [-0.1, -0.05) is 11.6 Å². The predicted octanol–water partition coefficient (Wildman–Crippen LogP) is 2.95. The first-order chi connectivity index (χ1) is 9.56. The van der Waals surface area contributed by atoms with Gasteiger partial charge in [0.05, 0.1) is 24.1 Å². The topological polar surface area (TPSA) is 91.6 Å². The molecule has 104 valence electrons. The van der Waals surface area contributed by atoms with Gasteiger partial charge in [-0.3, -0.25) is 0 Å². The van der Waals surface area contributed by atoms with Gasteiger partial charge in [0, 0.05) is 5.02 Å². The lowest BCUT2D eigenvalue weighted by Crippen LogP contribution is -2.28. The van der Waals surface area contributed by atoms with E-state index in [4.69, 9.17) is 21.1 Å². The van der Waals surface area contributed by atoms with E-state index in [1.54, 1.807) is 12.1 Å². The molecule has 0 unspecified atom stereocenters. The summed E-state index contributed by atoms with van der Waals surface area (Å²) in [6.45, 7) is 0.203. The molecule has 7 heteroatoms. The van der Waals surface area contributed by atoms with Crippen LogP contribution in [-0.4, -0.2) is 17.1 Å². The van der Waals surface area contributed by atoms with Gasteiger partial charge in [-0.05, 0) is 30.3 Å². The fourth-order valence-corrected chi connectivity index (χ4v) is 1.72. The number of carbonyl (C=O) groups excluding carboxylic acids is 1. The fraction of sp³-hybridized carbons (Fsp3) is 0.0769. The van der Waals surface area contributed by atoms with Crippen LogP contribution in [0, 0.1) is 0 Å². The van der Waals surface area contributed by atoms with E-state index < -0.39 is 12.0 Å². The van der Waals surface area contributed by atoms with E-state index in [0.717, 1.165) is 0 Å². The third-order valence-corrected chi connectivity index (χ3v) is 2.70. The van der Waals surface area contributed by atoms with Gasteiger partial charge in [0.1, 0.15) is 5.76 Å². The van der Waals surface area contributed by atoms with E-state index in [2.05, 4.69) is 10.6 Å². The Balaban J connectivity index is 2.02. The first-order valence-electron chi connectivity index (χ1n) is 5.66.